The number of likely N-dealkylation sites (N-methyl/N-ethyl adjacent to an activating group) is 1. The summed E-state index contributed by atoms with van der Waals surface area (Å²) < 4.78 is 5.21. The van der Waals surface area contributed by atoms with Gasteiger partial charge in [0.2, 0.25) is 0 Å². The lowest BCUT2D eigenvalue weighted by Crippen LogP contribution is -2.47. The van der Waals surface area contributed by atoms with Crippen LogP contribution in [0.4, 0.5) is 0 Å². The van der Waals surface area contributed by atoms with Gasteiger partial charge in [0.05, 0.1) is 24.8 Å². The highest BCUT2D eigenvalue weighted by molar-refractivity contribution is 5.97. The van der Waals surface area contributed by atoms with Gasteiger partial charge in [0.1, 0.15) is 5.75 Å². The minimum atomic E-state index is -0.605. The van der Waals surface area contributed by atoms with Crippen molar-refractivity contribution < 1.29 is 14.6 Å². The number of benzene rings is 1. The molecule has 4 heteroatoms. The van der Waals surface area contributed by atoms with E-state index >= 15 is 0 Å². The predicted molar refractivity (Wildman–Crippen MR) is 71.0 cm³/mol. The number of hydrogen-bond donors (Lipinski definition) is 1. The maximum Gasteiger partial charge on any atom is 0.257 e. The van der Waals surface area contributed by atoms with E-state index in [1.165, 1.54) is 4.90 Å². The Balaban J connectivity index is 3.14. The van der Waals surface area contributed by atoms with Gasteiger partial charge >= 0.3 is 0 Å². The average molecular weight is 251 g/mol. The summed E-state index contributed by atoms with van der Waals surface area (Å²) in [4.78, 5) is 13.9. The number of rotatable bonds is 4. The van der Waals surface area contributed by atoms with E-state index in [1.807, 2.05) is 26.8 Å². The zero-order valence-electron chi connectivity index (χ0n) is 11.7. The SMILES string of the molecule is COc1ccc(C)cc1C(=O)N(C)C(C)(C)CO. The van der Waals surface area contributed by atoms with Gasteiger partial charge in [0.15, 0.2) is 0 Å². The van der Waals surface area contributed by atoms with Gasteiger partial charge in [-0.3, -0.25) is 4.79 Å². The molecule has 0 aliphatic rings. The van der Waals surface area contributed by atoms with Crippen LogP contribution in [0.1, 0.15) is 29.8 Å². The van der Waals surface area contributed by atoms with Gasteiger partial charge < -0.3 is 14.7 Å². The highest BCUT2D eigenvalue weighted by Gasteiger charge is 2.29. The Morgan fingerprint density at radius 2 is 2.06 bits per heavy atom. The van der Waals surface area contributed by atoms with Gasteiger partial charge in [-0.05, 0) is 32.9 Å². The van der Waals surface area contributed by atoms with E-state index in [9.17, 15) is 9.90 Å². The second-order valence-corrected chi connectivity index (χ2v) is 5.04. The maximum atomic E-state index is 12.4. The molecule has 0 aliphatic heterocycles. The summed E-state index contributed by atoms with van der Waals surface area (Å²) in [6, 6.07) is 5.47. The summed E-state index contributed by atoms with van der Waals surface area (Å²) in [6.45, 7) is 5.46. The van der Waals surface area contributed by atoms with Crippen molar-refractivity contribution in [1.29, 1.82) is 0 Å². The first-order chi connectivity index (χ1) is 8.33. The molecule has 0 fully saturated rings. The summed E-state index contributed by atoms with van der Waals surface area (Å²) in [5, 5.41) is 9.32. The Hall–Kier alpha value is -1.55. The summed E-state index contributed by atoms with van der Waals surface area (Å²) in [6.07, 6.45) is 0. The molecule has 18 heavy (non-hydrogen) atoms. The number of carbonyl (C=O) groups is 1. The van der Waals surface area contributed by atoms with Gasteiger partial charge in [-0.2, -0.15) is 0 Å². The smallest absolute Gasteiger partial charge is 0.257 e. The average Bonchev–Trinajstić information content (AvgIpc) is 2.36. The molecule has 1 aromatic rings. The third-order valence-corrected chi connectivity index (χ3v) is 3.18. The van der Waals surface area contributed by atoms with E-state index in [0.717, 1.165) is 5.56 Å². The van der Waals surface area contributed by atoms with Crippen LogP contribution in [0.2, 0.25) is 0 Å². The molecule has 0 spiro atoms. The lowest BCUT2D eigenvalue weighted by Gasteiger charge is -2.34. The van der Waals surface area contributed by atoms with Crippen LogP contribution in [0.15, 0.2) is 18.2 Å². The van der Waals surface area contributed by atoms with Crippen LogP contribution in [0.3, 0.4) is 0 Å². The van der Waals surface area contributed by atoms with Gasteiger partial charge in [-0.1, -0.05) is 11.6 Å². The Morgan fingerprint density at radius 1 is 1.44 bits per heavy atom. The van der Waals surface area contributed by atoms with E-state index in [-0.39, 0.29) is 12.5 Å². The number of aryl methyl sites for hydroxylation is 1. The molecule has 0 aliphatic carbocycles. The fourth-order valence-corrected chi connectivity index (χ4v) is 1.55. The normalized spacial score (nSPS) is 11.2. The number of ether oxygens (including phenoxy) is 1. The number of carbonyl (C=O) groups excluding carboxylic acids is 1. The summed E-state index contributed by atoms with van der Waals surface area (Å²) in [7, 11) is 3.22. The molecule has 1 N–H and O–H groups in total. The molecule has 0 radical (unpaired) electrons. The van der Waals surface area contributed by atoms with Crippen LogP contribution < -0.4 is 4.74 Å². The fourth-order valence-electron chi connectivity index (χ4n) is 1.55. The second-order valence-electron chi connectivity index (χ2n) is 5.04. The maximum absolute atomic E-state index is 12.4. The Bertz CT molecular complexity index is 441. The molecule has 0 aromatic heterocycles. The molecule has 100 valence electrons. The monoisotopic (exact) mass is 251 g/mol. The standard InChI is InChI=1S/C14H21NO3/c1-10-6-7-12(18-5)11(8-10)13(17)15(4)14(2,3)9-16/h6-8,16H,9H2,1-5H3. The molecule has 0 saturated heterocycles. The van der Waals surface area contributed by atoms with Crippen molar-refractivity contribution in [2.24, 2.45) is 0 Å². The van der Waals surface area contributed by atoms with Crippen LogP contribution in [-0.2, 0) is 0 Å². The lowest BCUT2D eigenvalue weighted by molar-refractivity contribution is 0.0470. The van der Waals surface area contributed by atoms with Gasteiger partial charge in [-0.15, -0.1) is 0 Å². The largest absolute Gasteiger partial charge is 0.496 e. The fraction of sp³-hybridized carbons (Fsp3) is 0.500. The summed E-state index contributed by atoms with van der Waals surface area (Å²) >= 11 is 0. The molecule has 0 unspecified atom stereocenters. The molecule has 1 aromatic carbocycles. The Morgan fingerprint density at radius 3 is 2.56 bits per heavy atom. The molecule has 4 nitrogen and oxygen atoms in total. The van der Waals surface area contributed by atoms with Crippen molar-refractivity contribution >= 4 is 5.91 Å². The number of amides is 1. The number of aliphatic hydroxyl groups excluding tert-OH is 1. The molecular weight excluding hydrogens is 230 g/mol. The first-order valence-electron chi connectivity index (χ1n) is 5.87. The first-order valence-corrected chi connectivity index (χ1v) is 5.87. The minimum Gasteiger partial charge on any atom is -0.496 e. The molecular formula is C14H21NO3. The van der Waals surface area contributed by atoms with Crippen molar-refractivity contribution in [3.8, 4) is 5.75 Å². The number of nitrogens with zero attached hydrogens (tertiary/aromatic N) is 1. The van der Waals surface area contributed by atoms with Crippen molar-refractivity contribution in [3.63, 3.8) is 0 Å². The van der Waals surface area contributed by atoms with Gasteiger partial charge in [-0.25, -0.2) is 0 Å². The van der Waals surface area contributed by atoms with E-state index in [1.54, 1.807) is 26.3 Å². The molecule has 1 amide bonds. The highest BCUT2D eigenvalue weighted by atomic mass is 16.5. The van der Waals surface area contributed by atoms with Crippen LogP contribution in [0.5, 0.6) is 5.75 Å². The second kappa shape index (κ2) is 5.40. The molecule has 0 bridgehead atoms. The third-order valence-electron chi connectivity index (χ3n) is 3.18. The Kier molecular flexibility index (Phi) is 4.35. The van der Waals surface area contributed by atoms with Crippen molar-refractivity contribution in [2.45, 2.75) is 26.3 Å². The van der Waals surface area contributed by atoms with Crippen LogP contribution in [0.25, 0.3) is 0 Å². The van der Waals surface area contributed by atoms with Crippen molar-refractivity contribution in [1.82, 2.24) is 4.90 Å². The predicted octanol–water partition coefficient (Wildman–Crippen LogP) is 1.85. The third kappa shape index (κ3) is 2.82. The molecule has 0 heterocycles. The zero-order valence-corrected chi connectivity index (χ0v) is 11.7. The van der Waals surface area contributed by atoms with Gasteiger partial charge in [0, 0.05) is 7.05 Å². The van der Waals surface area contributed by atoms with Crippen LogP contribution >= 0.6 is 0 Å². The Labute approximate surface area is 108 Å². The van der Waals surface area contributed by atoms with Crippen molar-refractivity contribution in [3.05, 3.63) is 29.3 Å². The van der Waals surface area contributed by atoms with Crippen LogP contribution in [0, 0.1) is 6.92 Å². The zero-order chi connectivity index (χ0) is 13.9. The first kappa shape index (κ1) is 14.5. The number of methoxy groups -OCH3 is 1. The molecule has 1 rings (SSSR count). The van der Waals surface area contributed by atoms with Gasteiger partial charge in [0.25, 0.3) is 5.91 Å². The topological polar surface area (TPSA) is 49.8 Å². The minimum absolute atomic E-state index is 0.0939. The number of hydrogen-bond acceptors (Lipinski definition) is 3. The van der Waals surface area contributed by atoms with Crippen molar-refractivity contribution in [2.75, 3.05) is 20.8 Å². The highest BCUT2D eigenvalue weighted by Crippen LogP contribution is 2.23. The summed E-state index contributed by atoms with van der Waals surface area (Å²) in [5.41, 5.74) is 0.905. The number of aliphatic hydroxyl groups is 1. The van der Waals surface area contributed by atoms with E-state index in [0.29, 0.717) is 11.3 Å². The van der Waals surface area contributed by atoms with E-state index in [4.69, 9.17) is 4.74 Å². The lowest BCUT2D eigenvalue weighted by atomic mass is 10.0. The quantitative estimate of drug-likeness (QED) is 0.888. The van der Waals surface area contributed by atoms with E-state index in [2.05, 4.69) is 0 Å². The van der Waals surface area contributed by atoms with E-state index < -0.39 is 5.54 Å². The molecule has 0 saturated carbocycles. The van der Waals surface area contributed by atoms with Crippen LogP contribution in [-0.4, -0.2) is 42.2 Å². The molecule has 0 atom stereocenters. The summed E-state index contributed by atoms with van der Waals surface area (Å²) in [5.74, 6) is 0.390.